The Kier molecular flexibility index (Phi) is 6.49. The molecule has 0 radical (unpaired) electrons. The lowest BCUT2D eigenvalue weighted by Gasteiger charge is -2.02. The van der Waals surface area contributed by atoms with Crippen LogP contribution in [0.2, 0.25) is 0 Å². The van der Waals surface area contributed by atoms with Gasteiger partial charge < -0.3 is 10.6 Å². The molecular formula is C13H21N3O2S. The predicted octanol–water partition coefficient (Wildman–Crippen LogP) is 2.12. The number of nitrogens with zero attached hydrogens (tertiary/aromatic N) is 1. The van der Waals surface area contributed by atoms with Crippen LogP contribution in [0.15, 0.2) is 0 Å². The Morgan fingerprint density at radius 1 is 1.32 bits per heavy atom. The molecule has 0 saturated carbocycles. The van der Waals surface area contributed by atoms with Crippen molar-refractivity contribution in [3.63, 3.8) is 0 Å². The highest BCUT2D eigenvalue weighted by Crippen LogP contribution is 2.24. The van der Waals surface area contributed by atoms with Crippen molar-refractivity contribution >= 4 is 28.3 Å². The quantitative estimate of drug-likeness (QED) is 0.805. The molecule has 0 aliphatic carbocycles. The highest BCUT2D eigenvalue weighted by atomic mass is 32.1. The highest BCUT2D eigenvalue weighted by molar-refractivity contribution is 7.15. The highest BCUT2D eigenvalue weighted by Gasteiger charge is 2.11. The molecule has 1 heterocycles. The van der Waals surface area contributed by atoms with Gasteiger partial charge in [0.05, 0.1) is 5.69 Å². The molecule has 2 N–H and O–H groups in total. The Morgan fingerprint density at radius 3 is 2.63 bits per heavy atom. The molecule has 0 saturated heterocycles. The van der Waals surface area contributed by atoms with Crippen LogP contribution in [-0.2, 0) is 22.4 Å². The van der Waals surface area contributed by atoms with Gasteiger partial charge in [0.15, 0.2) is 5.13 Å². The molecule has 0 atom stereocenters. The van der Waals surface area contributed by atoms with Crippen LogP contribution in [0, 0.1) is 0 Å². The van der Waals surface area contributed by atoms with Gasteiger partial charge in [0.25, 0.3) is 0 Å². The summed E-state index contributed by atoms with van der Waals surface area (Å²) in [6, 6.07) is 0. The number of hydrogen-bond donors (Lipinski definition) is 2. The van der Waals surface area contributed by atoms with Gasteiger partial charge in [-0.15, -0.1) is 11.3 Å². The summed E-state index contributed by atoms with van der Waals surface area (Å²) in [5.41, 5.74) is 1.09. The van der Waals surface area contributed by atoms with Crippen LogP contribution >= 0.6 is 11.3 Å². The summed E-state index contributed by atoms with van der Waals surface area (Å²) >= 11 is 1.54. The third-order valence-electron chi connectivity index (χ3n) is 2.56. The van der Waals surface area contributed by atoms with Crippen LogP contribution in [0.5, 0.6) is 0 Å². The molecule has 19 heavy (non-hydrogen) atoms. The molecule has 0 aliphatic heterocycles. The molecule has 0 aromatic carbocycles. The summed E-state index contributed by atoms with van der Waals surface area (Å²) in [6.07, 6.45) is 3.20. The summed E-state index contributed by atoms with van der Waals surface area (Å²) in [6.45, 7) is 6.00. The molecule has 0 spiro atoms. The van der Waals surface area contributed by atoms with Gasteiger partial charge in [0, 0.05) is 24.8 Å². The van der Waals surface area contributed by atoms with Crippen molar-refractivity contribution < 1.29 is 9.59 Å². The maximum atomic E-state index is 11.7. The van der Waals surface area contributed by atoms with Gasteiger partial charge in [-0.2, -0.15) is 0 Å². The molecule has 1 rings (SSSR count). The van der Waals surface area contributed by atoms with Crippen molar-refractivity contribution in [3.05, 3.63) is 10.6 Å². The molecule has 6 heteroatoms. The first-order valence-corrected chi connectivity index (χ1v) is 7.41. The van der Waals surface area contributed by atoms with Crippen LogP contribution in [0.4, 0.5) is 5.13 Å². The Bertz CT molecular complexity index is 443. The summed E-state index contributed by atoms with van der Waals surface area (Å²) in [4.78, 5) is 28.0. The Hall–Kier alpha value is -1.43. The van der Waals surface area contributed by atoms with E-state index < -0.39 is 0 Å². The van der Waals surface area contributed by atoms with E-state index in [9.17, 15) is 9.59 Å². The van der Waals surface area contributed by atoms with Crippen molar-refractivity contribution in [1.29, 1.82) is 0 Å². The molecule has 0 fully saturated rings. The number of rotatable bonds is 7. The first-order valence-electron chi connectivity index (χ1n) is 6.59. The maximum absolute atomic E-state index is 11.7. The largest absolute Gasteiger partial charge is 0.356 e. The van der Waals surface area contributed by atoms with Crippen LogP contribution in [0.25, 0.3) is 0 Å². The SMILES string of the molecule is CCCc1nc(NC(=O)CCNC(C)=O)sc1CC. The third kappa shape index (κ3) is 5.38. The topological polar surface area (TPSA) is 71.1 Å². The average molecular weight is 283 g/mol. The number of carbonyl (C=O) groups is 2. The summed E-state index contributed by atoms with van der Waals surface area (Å²) in [7, 11) is 0. The normalized spacial score (nSPS) is 10.3. The molecule has 5 nitrogen and oxygen atoms in total. The zero-order valence-corrected chi connectivity index (χ0v) is 12.5. The van der Waals surface area contributed by atoms with E-state index in [0.29, 0.717) is 11.7 Å². The van der Waals surface area contributed by atoms with E-state index in [4.69, 9.17) is 0 Å². The van der Waals surface area contributed by atoms with Crippen molar-refractivity contribution in [1.82, 2.24) is 10.3 Å². The number of hydrogen-bond acceptors (Lipinski definition) is 4. The summed E-state index contributed by atoms with van der Waals surface area (Å²) in [5.74, 6) is -0.242. The Labute approximate surface area is 117 Å². The first kappa shape index (κ1) is 15.6. The zero-order chi connectivity index (χ0) is 14.3. The number of nitrogens with one attached hydrogen (secondary N) is 2. The van der Waals surface area contributed by atoms with Gasteiger partial charge >= 0.3 is 0 Å². The number of thiazole rings is 1. The monoisotopic (exact) mass is 283 g/mol. The minimum Gasteiger partial charge on any atom is -0.356 e. The molecule has 1 aromatic rings. The summed E-state index contributed by atoms with van der Waals surface area (Å²) in [5, 5.41) is 6.04. The van der Waals surface area contributed by atoms with Gasteiger partial charge in [0.2, 0.25) is 11.8 Å². The Morgan fingerprint density at radius 2 is 2.05 bits per heavy atom. The standard InChI is InChI=1S/C13H21N3O2S/c1-4-6-10-11(5-2)19-13(15-10)16-12(18)7-8-14-9(3)17/h4-8H2,1-3H3,(H,14,17)(H,15,16,18). The molecule has 0 aliphatic rings. The second kappa shape index (κ2) is 7.89. The van der Waals surface area contributed by atoms with Crippen molar-refractivity contribution in [3.8, 4) is 0 Å². The lowest BCUT2D eigenvalue weighted by molar-refractivity contribution is -0.119. The molecule has 2 amide bonds. The van der Waals surface area contributed by atoms with E-state index in [1.165, 1.54) is 23.1 Å². The molecule has 0 unspecified atom stereocenters. The predicted molar refractivity (Wildman–Crippen MR) is 77.4 cm³/mol. The minimum atomic E-state index is -0.124. The number of carbonyl (C=O) groups excluding carboxylic acids is 2. The smallest absolute Gasteiger partial charge is 0.227 e. The lowest BCUT2D eigenvalue weighted by atomic mass is 10.2. The number of aromatic nitrogens is 1. The average Bonchev–Trinajstić information content (AvgIpc) is 2.71. The maximum Gasteiger partial charge on any atom is 0.227 e. The van der Waals surface area contributed by atoms with Crippen molar-refractivity contribution in [2.75, 3.05) is 11.9 Å². The fourth-order valence-corrected chi connectivity index (χ4v) is 2.64. The fourth-order valence-electron chi connectivity index (χ4n) is 1.68. The molecule has 106 valence electrons. The summed E-state index contributed by atoms with van der Waals surface area (Å²) < 4.78 is 0. The van der Waals surface area contributed by atoms with E-state index in [0.717, 1.165) is 25.0 Å². The van der Waals surface area contributed by atoms with E-state index in [1.54, 1.807) is 0 Å². The van der Waals surface area contributed by atoms with Gasteiger partial charge in [0.1, 0.15) is 0 Å². The van der Waals surface area contributed by atoms with Crippen LogP contribution in [0.1, 0.15) is 44.2 Å². The third-order valence-corrected chi connectivity index (χ3v) is 3.72. The fraction of sp³-hybridized carbons (Fsp3) is 0.615. The van der Waals surface area contributed by atoms with Crippen molar-refractivity contribution in [2.45, 2.75) is 46.5 Å². The first-order chi connectivity index (χ1) is 9.06. The lowest BCUT2D eigenvalue weighted by Crippen LogP contribution is -2.25. The van der Waals surface area contributed by atoms with E-state index in [-0.39, 0.29) is 18.2 Å². The number of amides is 2. The van der Waals surface area contributed by atoms with Gasteiger partial charge in [-0.05, 0) is 12.8 Å². The number of aryl methyl sites for hydroxylation is 2. The van der Waals surface area contributed by atoms with E-state index in [1.807, 2.05) is 0 Å². The van der Waals surface area contributed by atoms with Crippen LogP contribution in [-0.4, -0.2) is 23.3 Å². The second-order valence-electron chi connectivity index (χ2n) is 4.27. The second-order valence-corrected chi connectivity index (χ2v) is 5.36. The molecular weight excluding hydrogens is 262 g/mol. The minimum absolute atomic E-state index is 0.117. The molecule has 0 bridgehead atoms. The zero-order valence-electron chi connectivity index (χ0n) is 11.7. The van der Waals surface area contributed by atoms with Gasteiger partial charge in [-0.1, -0.05) is 20.3 Å². The van der Waals surface area contributed by atoms with Crippen LogP contribution in [0.3, 0.4) is 0 Å². The van der Waals surface area contributed by atoms with E-state index in [2.05, 4.69) is 29.5 Å². The van der Waals surface area contributed by atoms with Crippen molar-refractivity contribution in [2.24, 2.45) is 0 Å². The van der Waals surface area contributed by atoms with Gasteiger partial charge in [-0.25, -0.2) is 4.98 Å². The van der Waals surface area contributed by atoms with E-state index >= 15 is 0 Å². The van der Waals surface area contributed by atoms with Crippen LogP contribution < -0.4 is 10.6 Å². The Balaban J connectivity index is 2.51. The van der Waals surface area contributed by atoms with Gasteiger partial charge in [-0.3, -0.25) is 9.59 Å². The molecule has 1 aromatic heterocycles. The number of anilines is 1.